The SMILES string of the molecule is Cc1ccnc(-c2noc(CNC(CCCO)c3ccccc3)n2)c1. The Morgan fingerprint density at radius 2 is 2.04 bits per heavy atom. The molecule has 0 saturated carbocycles. The van der Waals surface area contributed by atoms with Gasteiger partial charge in [-0.25, -0.2) is 0 Å². The minimum Gasteiger partial charge on any atom is -0.396 e. The highest BCUT2D eigenvalue weighted by molar-refractivity contribution is 5.48. The van der Waals surface area contributed by atoms with Crippen molar-refractivity contribution >= 4 is 0 Å². The Labute approximate surface area is 146 Å². The summed E-state index contributed by atoms with van der Waals surface area (Å²) in [6.45, 7) is 2.64. The van der Waals surface area contributed by atoms with Crippen molar-refractivity contribution < 1.29 is 9.63 Å². The monoisotopic (exact) mass is 338 g/mol. The highest BCUT2D eigenvalue weighted by Crippen LogP contribution is 2.19. The largest absolute Gasteiger partial charge is 0.396 e. The van der Waals surface area contributed by atoms with E-state index < -0.39 is 0 Å². The van der Waals surface area contributed by atoms with E-state index in [-0.39, 0.29) is 12.6 Å². The molecular weight excluding hydrogens is 316 g/mol. The summed E-state index contributed by atoms with van der Waals surface area (Å²) < 4.78 is 5.34. The predicted octanol–water partition coefficient (Wildman–Crippen LogP) is 3.04. The molecule has 2 heterocycles. The fourth-order valence-corrected chi connectivity index (χ4v) is 2.67. The van der Waals surface area contributed by atoms with E-state index in [1.807, 2.05) is 37.3 Å². The van der Waals surface area contributed by atoms with Crippen LogP contribution in [0.3, 0.4) is 0 Å². The van der Waals surface area contributed by atoms with Gasteiger partial charge in [0.1, 0.15) is 5.69 Å². The number of hydrogen-bond donors (Lipinski definition) is 2. The third-order valence-corrected chi connectivity index (χ3v) is 3.97. The molecule has 3 rings (SSSR count). The molecule has 0 amide bonds. The van der Waals surface area contributed by atoms with Crippen molar-refractivity contribution in [3.8, 4) is 11.5 Å². The fourth-order valence-electron chi connectivity index (χ4n) is 2.67. The highest BCUT2D eigenvalue weighted by Gasteiger charge is 2.14. The van der Waals surface area contributed by atoms with Crippen LogP contribution < -0.4 is 5.32 Å². The predicted molar refractivity (Wildman–Crippen MR) is 94.6 cm³/mol. The molecule has 1 atom stereocenters. The van der Waals surface area contributed by atoms with Crippen molar-refractivity contribution in [2.75, 3.05) is 6.61 Å². The van der Waals surface area contributed by atoms with Crippen molar-refractivity contribution in [1.82, 2.24) is 20.4 Å². The van der Waals surface area contributed by atoms with E-state index in [9.17, 15) is 0 Å². The molecular formula is C19H22N4O2. The second kappa shape index (κ2) is 8.50. The van der Waals surface area contributed by atoms with E-state index in [1.54, 1.807) is 6.20 Å². The summed E-state index contributed by atoms with van der Waals surface area (Å²) in [5.41, 5.74) is 2.98. The minimum absolute atomic E-state index is 0.126. The first kappa shape index (κ1) is 17.3. The molecule has 3 aromatic rings. The Balaban J connectivity index is 1.67. The van der Waals surface area contributed by atoms with Crippen LogP contribution in [0.5, 0.6) is 0 Å². The maximum Gasteiger partial charge on any atom is 0.240 e. The lowest BCUT2D eigenvalue weighted by Gasteiger charge is -2.17. The van der Waals surface area contributed by atoms with Gasteiger partial charge in [0.2, 0.25) is 11.7 Å². The van der Waals surface area contributed by atoms with Crippen LogP contribution in [-0.2, 0) is 6.54 Å². The molecule has 6 nitrogen and oxygen atoms in total. The molecule has 0 saturated heterocycles. The van der Waals surface area contributed by atoms with Gasteiger partial charge in [0.05, 0.1) is 6.54 Å². The number of hydrogen-bond acceptors (Lipinski definition) is 6. The molecule has 0 fully saturated rings. The van der Waals surface area contributed by atoms with Gasteiger partial charge < -0.3 is 14.9 Å². The van der Waals surface area contributed by atoms with E-state index in [4.69, 9.17) is 9.63 Å². The lowest BCUT2D eigenvalue weighted by molar-refractivity contribution is 0.272. The summed E-state index contributed by atoms with van der Waals surface area (Å²) >= 11 is 0. The Kier molecular flexibility index (Phi) is 5.87. The van der Waals surface area contributed by atoms with E-state index in [2.05, 4.69) is 32.6 Å². The van der Waals surface area contributed by atoms with Gasteiger partial charge in [0.15, 0.2) is 0 Å². The third kappa shape index (κ3) is 4.71. The molecule has 2 aromatic heterocycles. The van der Waals surface area contributed by atoms with Gasteiger partial charge in [0, 0.05) is 18.8 Å². The number of aryl methyl sites for hydroxylation is 1. The summed E-state index contributed by atoms with van der Waals surface area (Å²) in [5, 5.41) is 16.6. The molecule has 25 heavy (non-hydrogen) atoms. The fraction of sp³-hybridized carbons (Fsp3) is 0.316. The molecule has 1 aromatic carbocycles. The van der Waals surface area contributed by atoms with Crippen LogP contribution >= 0.6 is 0 Å². The lowest BCUT2D eigenvalue weighted by Crippen LogP contribution is -2.21. The highest BCUT2D eigenvalue weighted by atomic mass is 16.5. The number of benzene rings is 1. The second-order valence-corrected chi connectivity index (χ2v) is 5.94. The zero-order valence-corrected chi connectivity index (χ0v) is 14.2. The molecule has 0 radical (unpaired) electrons. The van der Waals surface area contributed by atoms with E-state index in [0.29, 0.717) is 24.0 Å². The molecule has 0 spiro atoms. The Morgan fingerprint density at radius 3 is 2.80 bits per heavy atom. The maximum atomic E-state index is 9.12. The third-order valence-electron chi connectivity index (χ3n) is 3.97. The van der Waals surface area contributed by atoms with Crippen LogP contribution in [0.15, 0.2) is 53.2 Å². The average Bonchev–Trinajstić information content (AvgIpc) is 3.12. The summed E-state index contributed by atoms with van der Waals surface area (Å²) in [5.74, 6) is 1.01. The van der Waals surface area contributed by atoms with Gasteiger partial charge in [-0.2, -0.15) is 4.98 Å². The van der Waals surface area contributed by atoms with Gasteiger partial charge in [-0.15, -0.1) is 0 Å². The molecule has 1 unspecified atom stereocenters. The summed E-state index contributed by atoms with van der Waals surface area (Å²) in [4.78, 5) is 8.69. The zero-order chi connectivity index (χ0) is 17.5. The van der Waals surface area contributed by atoms with Crippen LogP contribution in [0.4, 0.5) is 0 Å². The smallest absolute Gasteiger partial charge is 0.240 e. The molecule has 0 bridgehead atoms. The number of aliphatic hydroxyl groups excluding tert-OH is 1. The Morgan fingerprint density at radius 1 is 1.20 bits per heavy atom. The molecule has 0 aliphatic carbocycles. The first-order valence-corrected chi connectivity index (χ1v) is 8.41. The molecule has 130 valence electrons. The van der Waals surface area contributed by atoms with Crippen molar-refractivity contribution in [2.24, 2.45) is 0 Å². The minimum atomic E-state index is 0.126. The quantitative estimate of drug-likeness (QED) is 0.657. The summed E-state index contributed by atoms with van der Waals surface area (Å²) in [7, 11) is 0. The normalized spacial score (nSPS) is 12.2. The summed E-state index contributed by atoms with van der Waals surface area (Å²) in [6, 6.07) is 14.1. The maximum absolute atomic E-state index is 9.12. The number of rotatable bonds is 8. The van der Waals surface area contributed by atoms with Crippen molar-refractivity contribution in [2.45, 2.75) is 32.4 Å². The van der Waals surface area contributed by atoms with E-state index in [0.717, 1.165) is 18.4 Å². The number of aromatic nitrogens is 3. The van der Waals surface area contributed by atoms with Crippen LogP contribution in [0, 0.1) is 6.92 Å². The lowest BCUT2D eigenvalue weighted by atomic mass is 10.0. The van der Waals surface area contributed by atoms with Crippen molar-refractivity contribution in [3.63, 3.8) is 0 Å². The average molecular weight is 338 g/mol. The standard InChI is InChI=1S/C19H22N4O2/c1-14-9-10-20-17(12-14)19-22-18(25-23-19)13-21-16(8-5-11-24)15-6-3-2-4-7-15/h2-4,6-7,9-10,12,16,21,24H,5,8,11,13H2,1H3. The van der Waals surface area contributed by atoms with Gasteiger partial charge in [-0.1, -0.05) is 35.5 Å². The molecule has 6 heteroatoms. The van der Waals surface area contributed by atoms with Crippen molar-refractivity contribution in [3.05, 3.63) is 65.7 Å². The number of aliphatic hydroxyl groups is 1. The second-order valence-electron chi connectivity index (χ2n) is 5.94. The van der Waals surface area contributed by atoms with Crippen LogP contribution in [0.25, 0.3) is 11.5 Å². The number of nitrogens with one attached hydrogen (secondary N) is 1. The molecule has 2 N–H and O–H groups in total. The van der Waals surface area contributed by atoms with E-state index >= 15 is 0 Å². The topological polar surface area (TPSA) is 84.1 Å². The first-order chi connectivity index (χ1) is 12.3. The van der Waals surface area contributed by atoms with Crippen molar-refractivity contribution in [1.29, 1.82) is 0 Å². The molecule has 0 aliphatic heterocycles. The zero-order valence-electron chi connectivity index (χ0n) is 14.2. The van der Waals surface area contributed by atoms with E-state index in [1.165, 1.54) is 5.56 Å². The van der Waals surface area contributed by atoms with Gasteiger partial charge in [-0.05, 0) is 43.0 Å². The Hall–Kier alpha value is -2.57. The van der Waals surface area contributed by atoms with Gasteiger partial charge in [0.25, 0.3) is 0 Å². The van der Waals surface area contributed by atoms with Crippen LogP contribution in [-0.4, -0.2) is 26.8 Å². The summed E-state index contributed by atoms with van der Waals surface area (Å²) in [6.07, 6.45) is 3.30. The van der Waals surface area contributed by atoms with Crippen LogP contribution in [0.2, 0.25) is 0 Å². The van der Waals surface area contributed by atoms with Crippen LogP contribution in [0.1, 0.15) is 35.9 Å². The number of nitrogens with zero attached hydrogens (tertiary/aromatic N) is 3. The van der Waals surface area contributed by atoms with Gasteiger partial charge in [-0.3, -0.25) is 4.98 Å². The number of pyridine rings is 1. The molecule has 0 aliphatic rings. The first-order valence-electron chi connectivity index (χ1n) is 8.41. The van der Waals surface area contributed by atoms with Gasteiger partial charge >= 0.3 is 0 Å². The Bertz CT molecular complexity index is 789.